The van der Waals surface area contributed by atoms with E-state index >= 15 is 0 Å². The van der Waals surface area contributed by atoms with Crippen molar-refractivity contribution in [3.05, 3.63) is 39.3 Å². The summed E-state index contributed by atoms with van der Waals surface area (Å²) in [5, 5.41) is 15.8. The van der Waals surface area contributed by atoms with Crippen LogP contribution < -0.4 is 5.32 Å². The van der Waals surface area contributed by atoms with Crippen LogP contribution in [-0.4, -0.2) is 27.4 Å². The van der Waals surface area contributed by atoms with Crippen LogP contribution in [0.5, 0.6) is 0 Å². The molecule has 0 unspecified atom stereocenters. The van der Waals surface area contributed by atoms with Gasteiger partial charge >= 0.3 is 0 Å². The molecule has 0 aromatic carbocycles. The molecule has 0 spiro atoms. The Balaban J connectivity index is 1.99. The Morgan fingerprint density at radius 3 is 3.05 bits per heavy atom. The largest absolute Gasteiger partial charge is 0.384 e. The van der Waals surface area contributed by atoms with Crippen molar-refractivity contribution >= 4 is 17.2 Å². The molecule has 2 rings (SSSR count). The lowest BCUT2D eigenvalue weighted by Crippen LogP contribution is -2.22. The van der Waals surface area contributed by atoms with E-state index in [0.717, 1.165) is 21.9 Å². The molecule has 0 aliphatic carbocycles. The van der Waals surface area contributed by atoms with Gasteiger partial charge in [-0.15, -0.1) is 11.3 Å². The summed E-state index contributed by atoms with van der Waals surface area (Å²) in [6.45, 7) is 2.29. The van der Waals surface area contributed by atoms with Gasteiger partial charge in [0.2, 0.25) is 0 Å². The Kier molecular flexibility index (Phi) is 5.14. The van der Waals surface area contributed by atoms with Gasteiger partial charge in [0.15, 0.2) is 0 Å². The number of aryl methyl sites for hydroxylation is 2. The van der Waals surface area contributed by atoms with Crippen molar-refractivity contribution in [2.24, 2.45) is 7.05 Å². The van der Waals surface area contributed by atoms with Crippen LogP contribution in [0, 0.1) is 11.8 Å². The van der Waals surface area contributed by atoms with Crippen LogP contribution in [0.3, 0.4) is 0 Å². The third-order valence-electron chi connectivity index (χ3n) is 2.86. The van der Waals surface area contributed by atoms with E-state index in [0.29, 0.717) is 12.1 Å². The summed E-state index contributed by atoms with van der Waals surface area (Å²) in [6.07, 6.45) is 2.46. The van der Waals surface area contributed by atoms with Crippen LogP contribution in [0.4, 0.5) is 0 Å². The Hall–Kier alpha value is -2.10. The maximum Gasteiger partial charge on any atom is 0.255 e. The molecule has 2 N–H and O–H groups in total. The highest BCUT2D eigenvalue weighted by Crippen LogP contribution is 2.15. The van der Waals surface area contributed by atoms with Gasteiger partial charge in [0.25, 0.3) is 5.91 Å². The predicted molar refractivity (Wildman–Crippen MR) is 82.0 cm³/mol. The Morgan fingerprint density at radius 2 is 2.33 bits per heavy atom. The molecule has 6 heteroatoms. The molecule has 0 aliphatic heterocycles. The third kappa shape index (κ3) is 3.94. The first-order valence-electron chi connectivity index (χ1n) is 6.63. The zero-order valence-electron chi connectivity index (χ0n) is 12.0. The lowest BCUT2D eigenvalue weighted by Gasteiger charge is -2.02. The molecule has 1 amide bonds. The van der Waals surface area contributed by atoms with Gasteiger partial charge in [-0.25, -0.2) is 0 Å². The first-order valence-corrected chi connectivity index (χ1v) is 7.44. The Labute approximate surface area is 127 Å². The number of aliphatic hydroxyl groups excluding tert-OH is 1. The summed E-state index contributed by atoms with van der Waals surface area (Å²) in [5.74, 6) is 5.34. The van der Waals surface area contributed by atoms with Crippen molar-refractivity contribution in [3.8, 4) is 11.8 Å². The van der Waals surface area contributed by atoms with Crippen molar-refractivity contribution in [1.82, 2.24) is 15.1 Å². The molecule has 0 fully saturated rings. The topological polar surface area (TPSA) is 67.2 Å². The van der Waals surface area contributed by atoms with Crippen molar-refractivity contribution < 1.29 is 9.90 Å². The molecule has 2 heterocycles. The number of amides is 1. The minimum Gasteiger partial charge on any atom is -0.384 e. The summed E-state index contributed by atoms with van der Waals surface area (Å²) in [5.41, 5.74) is 1.42. The molecule has 2 aromatic rings. The van der Waals surface area contributed by atoms with Crippen molar-refractivity contribution in [1.29, 1.82) is 0 Å². The fourth-order valence-corrected chi connectivity index (χ4v) is 2.74. The number of nitrogens with one attached hydrogen (secondary N) is 1. The number of thiophene rings is 1. The number of carbonyl (C=O) groups excluding carboxylic acids is 1. The second kappa shape index (κ2) is 7.07. The summed E-state index contributed by atoms with van der Waals surface area (Å²) in [6, 6.07) is 3.81. The van der Waals surface area contributed by atoms with Crippen LogP contribution in [0.2, 0.25) is 0 Å². The van der Waals surface area contributed by atoms with E-state index in [1.807, 2.05) is 19.1 Å². The first kappa shape index (κ1) is 15.3. The van der Waals surface area contributed by atoms with Crippen LogP contribution in [0.1, 0.15) is 32.7 Å². The Morgan fingerprint density at radius 1 is 1.52 bits per heavy atom. The van der Waals surface area contributed by atoms with E-state index in [4.69, 9.17) is 5.11 Å². The van der Waals surface area contributed by atoms with E-state index in [1.165, 1.54) is 11.3 Å². The SMILES string of the molecule is CCc1nn(C)cc1C(=O)NCc1ccc(C#CCO)s1. The van der Waals surface area contributed by atoms with Gasteiger partial charge in [0.05, 0.1) is 22.7 Å². The van der Waals surface area contributed by atoms with Crippen LogP contribution in [-0.2, 0) is 20.0 Å². The lowest BCUT2D eigenvalue weighted by atomic mass is 10.2. The molecule has 5 nitrogen and oxygen atoms in total. The molecular weight excluding hydrogens is 286 g/mol. The minimum atomic E-state index is -0.148. The quantitative estimate of drug-likeness (QED) is 0.837. The molecule has 0 saturated heterocycles. The van der Waals surface area contributed by atoms with Gasteiger partial charge in [0.1, 0.15) is 6.61 Å². The van der Waals surface area contributed by atoms with Gasteiger partial charge in [-0.1, -0.05) is 18.8 Å². The highest BCUT2D eigenvalue weighted by molar-refractivity contribution is 7.12. The van der Waals surface area contributed by atoms with Crippen molar-refractivity contribution in [2.45, 2.75) is 19.9 Å². The normalized spacial score (nSPS) is 10.0. The number of carbonyl (C=O) groups is 1. The van der Waals surface area contributed by atoms with E-state index in [9.17, 15) is 4.79 Å². The second-order valence-electron chi connectivity index (χ2n) is 4.43. The second-order valence-corrected chi connectivity index (χ2v) is 5.59. The third-order valence-corrected chi connectivity index (χ3v) is 3.86. The van der Waals surface area contributed by atoms with Gasteiger partial charge < -0.3 is 10.4 Å². The van der Waals surface area contributed by atoms with Crippen LogP contribution in [0.15, 0.2) is 18.3 Å². The minimum absolute atomic E-state index is 0.114. The molecule has 0 bridgehead atoms. The highest BCUT2D eigenvalue weighted by Gasteiger charge is 2.14. The molecule has 2 aromatic heterocycles. The molecule has 21 heavy (non-hydrogen) atoms. The monoisotopic (exact) mass is 303 g/mol. The summed E-state index contributed by atoms with van der Waals surface area (Å²) in [7, 11) is 1.81. The summed E-state index contributed by atoms with van der Waals surface area (Å²) < 4.78 is 1.65. The van der Waals surface area contributed by atoms with Gasteiger partial charge in [0, 0.05) is 18.1 Å². The van der Waals surface area contributed by atoms with E-state index in [1.54, 1.807) is 17.9 Å². The van der Waals surface area contributed by atoms with Gasteiger partial charge in [-0.2, -0.15) is 5.10 Å². The molecule has 0 saturated carbocycles. The van der Waals surface area contributed by atoms with Crippen LogP contribution in [0.25, 0.3) is 0 Å². The zero-order chi connectivity index (χ0) is 15.2. The molecule has 0 atom stereocenters. The number of aliphatic hydroxyl groups is 1. The summed E-state index contributed by atoms with van der Waals surface area (Å²) in [4.78, 5) is 14.1. The van der Waals surface area contributed by atoms with Crippen molar-refractivity contribution in [2.75, 3.05) is 6.61 Å². The first-order chi connectivity index (χ1) is 10.1. The maximum atomic E-state index is 12.2. The molecule has 0 aliphatic rings. The number of hydrogen-bond acceptors (Lipinski definition) is 4. The molecule has 0 radical (unpaired) electrons. The van der Waals surface area contributed by atoms with Crippen LogP contribution >= 0.6 is 11.3 Å². The average Bonchev–Trinajstić information content (AvgIpc) is 3.08. The molecule has 110 valence electrons. The number of aromatic nitrogens is 2. The summed E-state index contributed by atoms with van der Waals surface area (Å²) >= 11 is 1.50. The van der Waals surface area contributed by atoms with Gasteiger partial charge in [-0.05, 0) is 18.6 Å². The number of rotatable bonds is 4. The van der Waals surface area contributed by atoms with Gasteiger partial charge in [-0.3, -0.25) is 9.48 Å². The number of nitrogens with zero attached hydrogens (tertiary/aromatic N) is 2. The average molecular weight is 303 g/mol. The lowest BCUT2D eigenvalue weighted by molar-refractivity contribution is 0.0950. The van der Waals surface area contributed by atoms with E-state index < -0.39 is 0 Å². The fourth-order valence-electron chi connectivity index (χ4n) is 1.91. The smallest absolute Gasteiger partial charge is 0.255 e. The molecular formula is C15H17N3O2S. The predicted octanol–water partition coefficient (Wildman–Crippen LogP) is 1.32. The Bertz CT molecular complexity index is 691. The van der Waals surface area contributed by atoms with E-state index in [-0.39, 0.29) is 12.5 Å². The zero-order valence-corrected chi connectivity index (χ0v) is 12.8. The highest BCUT2D eigenvalue weighted by atomic mass is 32.1. The van der Waals surface area contributed by atoms with Crippen molar-refractivity contribution in [3.63, 3.8) is 0 Å². The van der Waals surface area contributed by atoms with E-state index in [2.05, 4.69) is 22.3 Å². The standard InChI is InChI=1S/C15H17N3O2S/c1-3-14-13(10-18(2)17-14)15(20)16-9-12-7-6-11(21-12)5-4-8-19/h6-7,10,19H,3,8-9H2,1-2H3,(H,16,20). The fraction of sp³-hybridized carbons (Fsp3) is 0.333. The number of hydrogen-bond donors (Lipinski definition) is 2. The maximum absolute atomic E-state index is 12.2.